The number of rotatable bonds is 7. The Morgan fingerprint density at radius 2 is 1.85 bits per heavy atom. The fraction of sp³-hybridized carbons (Fsp3) is 0.263. The molecule has 1 amide bonds. The van der Waals surface area contributed by atoms with Crippen molar-refractivity contribution in [3.05, 3.63) is 69.3 Å². The summed E-state index contributed by atoms with van der Waals surface area (Å²) in [5.41, 5.74) is -0.00108. The lowest BCUT2D eigenvalue weighted by atomic mass is 10.1. The second-order valence-electron chi connectivity index (χ2n) is 6.31. The average molecular weight is 372 g/mol. The molecule has 2 aromatic rings. The molecule has 0 aliphatic heterocycles. The molecule has 0 heterocycles. The van der Waals surface area contributed by atoms with Gasteiger partial charge in [0.1, 0.15) is 5.75 Å². The summed E-state index contributed by atoms with van der Waals surface area (Å²) >= 11 is 0. The van der Waals surface area contributed by atoms with Gasteiger partial charge in [-0.15, -0.1) is 0 Å². The maximum absolute atomic E-state index is 12.6. The summed E-state index contributed by atoms with van der Waals surface area (Å²) in [6.45, 7) is 4.05. The molecule has 0 bridgehead atoms. The normalized spacial score (nSPS) is 10.5. The molecular formula is C19H20N2O6. The molecule has 0 atom stereocenters. The van der Waals surface area contributed by atoms with Crippen LogP contribution in [0.5, 0.6) is 5.75 Å². The summed E-state index contributed by atoms with van der Waals surface area (Å²) < 4.78 is 5.62. The third-order valence-corrected chi connectivity index (χ3v) is 3.66. The minimum Gasteiger partial charge on any atom is -0.491 e. The number of carbonyl (C=O) groups is 2. The number of hydrogen-bond acceptors (Lipinski definition) is 5. The highest BCUT2D eigenvalue weighted by molar-refractivity contribution is 5.98. The summed E-state index contributed by atoms with van der Waals surface area (Å²) in [7, 11) is 1.54. The molecule has 0 fully saturated rings. The van der Waals surface area contributed by atoms with Crippen LogP contribution >= 0.6 is 0 Å². The van der Waals surface area contributed by atoms with E-state index in [1.165, 1.54) is 11.9 Å². The first-order valence-corrected chi connectivity index (χ1v) is 8.21. The van der Waals surface area contributed by atoms with Gasteiger partial charge in [0.05, 0.1) is 16.6 Å². The molecule has 1 N–H and O–H groups in total. The van der Waals surface area contributed by atoms with Gasteiger partial charge in [-0.25, -0.2) is 4.79 Å². The number of nitrogens with zero attached hydrogens (tertiary/aromatic N) is 2. The number of nitro benzene ring substituents is 1. The Morgan fingerprint density at radius 1 is 1.19 bits per heavy atom. The minimum absolute atomic E-state index is 0.0129. The quantitative estimate of drug-likeness (QED) is 0.589. The van der Waals surface area contributed by atoms with Crippen molar-refractivity contribution in [1.82, 2.24) is 4.90 Å². The number of non-ortho nitro benzene ring substituents is 1. The second kappa shape index (κ2) is 8.31. The monoisotopic (exact) mass is 372 g/mol. The molecule has 0 spiro atoms. The molecule has 0 aliphatic carbocycles. The van der Waals surface area contributed by atoms with Gasteiger partial charge in [0.25, 0.3) is 11.6 Å². The smallest absolute Gasteiger partial charge is 0.335 e. The first-order chi connectivity index (χ1) is 12.7. The Hall–Kier alpha value is -3.42. The topological polar surface area (TPSA) is 110 Å². The molecule has 142 valence electrons. The first-order valence-electron chi connectivity index (χ1n) is 8.21. The van der Waals surface area contributed by atoms with Gasteiger partial charge in [0, 0.05) is 31.3 Å². The zero-order valence-corrected chi connectivity index (χ0v) is 15.2. The molecule has 0 unspecified atom stereocenters. The third-order valence-electron chi connectivity index (χ3n) is 3.66. The maximum Gasteiger partial charge on any atom is 0.335 e. The average Bonchev–Trinajstić information content (AvgIpc) is 2.60. The van der Waals surface area contributed by atoms with E-state index in [0.29, 0.717) is 5.75 Å². The number of benzene rings is 2. The van der Waals surface area contributed by atoms with Crippen LogP contribution in [-0.4, -0.2) is 40.0 Å². The number of aromatic carboxylic acids is 1. The van der Waals surface area contributed by atoms with Crippen molar-refractivity contribution in [1.29, 1.82) is 0 Å². The predicted octanol–water partition coefficient (Wildman–Crippen LogP) is 3.35. The lowest BCUT2D eigenvalue weighted by Gasteiger charge is -2.18. The molecule has 2 rings (SSSR count). The Balaban J connectivity index is 2.24. The lowest BCUT2D eigenvalue weighted by Crippen LogP contribution is -2.26. The molecule has 0 aliphatic rings. The van der Waals surface area contributed by atoms with E-state index in [0.717, 1.165) is 23.8 Å². The second-order valence-corrected chi connectivity index (χ2v) is 6.31. The Morgan fingerprint density at radius 3 is 2.44 bits per heavy atom. The first kappa shape index (κ1) is 19.9. The molecule has 0 radical (unpaired) electrons. The number of carboxylic acids is 1. The van der Waals surface area contributed by atoms with Crippen LogP contribution in [0.2, 0.25) is 0 Å². The molecule has 0 aromatic heterocycles. The molecule has 0 saturated heterocycles. The SMILES string of the molecule is CC(C)Oc1cccc(CN(C)C(=O)c2cc(C(=O)O)cc([N+](=O)[O-])c2)c1. The van der Waals surface area contributed by atoms with Crippen LogP contribution in [0.15, 0.2) is 42.5 Å². The van der Waals surface area contributed by atoms with E-state index in [1.807, 2.05) is 26.0 Å². The van der Waals surface area contributed by atoms with Crippen molar-refractivity contribution >= 4 is 17.6 Å². The van der Waals surface area contributed by atoms with E-state index < -0.39 is 22.5 Å². The summed E-state index contributed by atoms with van der Waals surface area (Å²) in [5, 5.41) is 20.1. The van der Waals surface area contributed by atoms with Crippen LogP contribution in [0.25, 0.3) is 0 Å². The van der Waals surface area contributed by atoms with Crippen molar-refractivity contribution in [2.45, 2.75) is 26.5 Å². The molecule has 8 heteroatoms. The molecule has 2 aromatic carbocycles. The van der Waals surface area contributed by atoms with Crippen LogP contribution in [0.4, 0.5) is 5.69 Å². The summed E-state index contributed by atoms with van der Waals surface area (Å²) in [6.07, 6.45) is 0.0129. The number of nitro groups is 1. The zero-order chi connectivity index (χ0) is 20.1. The Kier molecular flexibility index (Phi) is 6.12. The fourth-order valence-corrected chi connectivity index (χ4v) is 2.52. The third kappa shape index (κ3) is 5.27. The van der Waals surface area contributed by atoms with E-state index >= 15 is 0 Å². The van der Waals surface area contributed by atoms with Gasteiger partial charge in [-0.2, -0.15) is 0 Å². The van der Waals surface area contributed by atoms with Gasteiger partial charge in [-0.3, -0.25) is 14.9 Å². The van der Waals surface area contributed by atoms with Crippen molar-refractivity contribution in [2.24, 2.45) is 0 Å². The van der Waals surface area contributed by atoms with E-state index in [1.54, 1.807) is 12.1 Å². The summed E-state index contributed by atoms with van der Waals surface area (Å²) in [6, 6.07) is 10.4. The van der Waals surface area contributed by atoms with Crippen LogP contribution in [0.1, 0.15) is 40.1 Å². The Bertz CT molecular complexity index is 846. The van der Waals surface area contributed by atoms with E-state index in [9.17, 15) is 19.7 Å². The van der Waals surface area contributed by atoms with Gasteiger partial charge in [0.2, 0.25) is 0 Å². The van der Waals surface area contributed by atoms with Crippen LogP contribution in [0.3, 0.4) is 0 Å². The predicted molar refractivity (Wildman–Crippen MR) is 98.1 cm³/mol. The van der Waals surface area contributed by atoms with Gasteiger partial charge >= 0.3 is 5.97 Å². The molecule has 8 nitrogen and oxygen atoms in total. The van der Waals surface area contributed by atoms with E-state index in [4.69, 9.17) is 9.84 Å². The van der Waals surface area contributed by atoms with E-state index in [-0.39, 0.29) is 23.8 Å². The zero-order valence-electron chi connectivity index (χ0n) is 15.2. The fourth-order valence-electron chi connectivity index (χ4n) is 2.52. The van der Waals surface area contributed by atoms with Gasteiger partial charge < -0.3 is 14.7 Å². The minimum atomic E-state index is -1.34. The van der Waals surface area contributed by atoms with Gasteiger partial charge in [0.15, 0.2) is 0 Å². The summed E-state index contributed by atoms with van der Waals surface area (Å²) in [5.74, 6) is -1.18. The van der Waals surface area contributed by atoms with Crippen LogP contribution in [0, 0.1) is 10.1 Å². The lowest BCUT2D eigenvalue weighted by molar-refractivity contribution is -0.384. The number of ether oxygens (including phenoxy) is 1. The van der Waals surface area contributed by atoms with E-state index in [2.05, 4.69) is 0 Å². The number of hydrogen-bond donors (Lipinski definition) is 1. The number of carboxylic acid groups (broad SMARTS) is 1. The molecule has 27 heavy (non-hydrogen) atoms. The highest BCUT2D eigenvalue weighted by Crippen LogP contribution is 2.20. The van der Waals surface area contributed by atoms with Crippen LogP contribution < -0.4 is 4.74 Å². The van der Waals surface area contributed by atoms with Crippen molar-refractivity contribution in [3.8, 4) is 5.75 Å². The highest BCUT2D eigenvalue weighted by atomic mass is 16.6. The van der Waals surface area contributed by atoms with Crippen molar-refractivity contribution < 1.29 is 24.4 Å². The number of amides is 1. The van der Waals surface area contributed by atoms with Crippen LogP contribution in [-0.2, 0) is 6.54 Å². The van der Waals surface area contributed by atoms with Crippen molar-refractivity contribution in [2.75, 3.05) is 7.05 Å². The molecular weight excluding hydrogens is 352 g/mol. The molecule has 0 saturated carbocycles. The maximum atomic E-state index is 12.6. The van der Waals surface area contributed by atoms with Gasteiger partial charge in [-0.1, -0.05) is 12.1 Å². The van der Waals surface area contributed by atoms with Gasteiger partial charge in [-0.05, 0) is 37.6 Å². The Labute approximate surface area is 156 Å². The summed E-state index contributed by atoms with van der Waals surface area (Å²) in [4.78, 5) is 35.5. The largest absolute Gasteiger partial charge is 0.491 e. The van der Waals surface area contributed by atoms with Crippen molar-refractivity contribution in [3.63, 3.8) is 0 Å². The highest BCUT2D eigenvalue weighted by Gasteiger charge is 2.20. The standard InChI is InChI=1S/C19H20N2O6/c1-12(2)27-17-6-4-5-13(7-17)11-20(3)18(22)14-8-15(19(23)24)10-16(9-14)21(25)26/h4-10,12H,11H2,1-3H3,(H,23,24). The number of carbonyl (C=O) groups excluding carboxylic acids is 1.